The Hall–Kier alpha value is -0.930. The van der Waals surface area contributed by atoms with Crippen LogP contribution in [0, 0.1) is 5.41 Å². The molecule has 1 rings (SSSR count). The van der Waals surface area contributed by atoms with Crippen LogP contribution in [0.25, 0.3) is 0 Å². The second-order valence-electron chi connectivity index (χ2n) is 5.05. The molecular weight excluding hydrogens is 236 g/mol. The fourth-order valence-electron chi connectivity index (χ4n) is 1.70. The molecule has 0 amide bonds. The number of rotatable bonds is 6. The van der Waals surface area contributed by atoms with Gasteiger partial charge in [-0.2, -0.15) is 0 Å². The van der Waals surface area contributed by atoms with Crippen LogP contribution in [0.4, 0.5) is 11.4 Å². The van der Waals surface area contributed by atoms with E-state index in [1.165, 1.54) is 0 Å². The lowest BCUT2D eigenvalue weighted by Crippen LogP contribution is -2.24. The van der Waals surface area contributed by atoms with E-state index < -0.39 is 0 Å². The highest BCUT2D eigenvalue weighted by Gasteiger charge is 2.18. The van der Waals surface area contributed by atoms with Gasteiger partial charge in [-0.05, 0) is 30.4 Å². The summed E-state index contributed by atoms with van der Waals surface area (Å²) >= 11 is 6.08. The molecule has 1 aromatic rings. The summed E-state index contributed by atoms with van der Waals surface area (Å²) in [6, 6.07) is 5.48. The minimum Gasteiger partial charge on any atom is -0.397 e. The molecule has 0 radical (unpaired) electrons. The number of aliphatic hydroxyl groups is 1. The lowest BCUT2D eigenvalue weighted by atomic mass is 9.88. The predicted molar refractivity (Wildman–Crippen MR) is 74.5 cm³/mol. The van der Waals surface area contributed by atoms with Gasteiger partial charge < -0.3 is 16.2 Å². The number of nitrogens with two attached hydrogens (primary N) is 1. The van der Waals surface area contributed by atoms with Gasteiger partial charge in [-0.25, -0.2) is 0 Å². The third-order valence-corrected chi connectivity index (χ3v) is 3.12. The molecule has 0 bridgehead atoms. The van der Waals surface area contributed by atoms with Gasteiger partial charge in [-0.15, -0.1) is 0 Å². The van der Waals surface area contributed by atoms with E-state index >= 15 is 0 Å². The van der Waals surface area contributed by atoms with Crippen molar-refractivity contribution in [3.63, 3.8) is 0 Å². The summed E-state index contributed by atoms with van der Waals surface area (Å²) in [6.07, 6.45) is 1.77. The third-order valence-electron chi connectivity index (χ3n) is 2.80. The van der Waals surface area contributed by atoms with Gasteiger partial charge in [0.05, 0.1) is 16.4 Å². The van der Waals surface area contributed by atoms with Gasteiger partial charge in [0.1, 0.15) is 0 Å². The first-order valence-electron chi connectivity index (χ1n) is 5.85. The van der Waals surface area contributed by atoms with Gasteiger partial charge in [0.15, 0.2) is 0 Å². The standard InChI is InChI=1S/C13H21ClN2O/c1-13(2,7-4-8-17)9-16-12-10(14)5-3-6-11(12)15/h3,5-6,16-17H,4,7-9,15H2,1-2H3. The monoisotopic (exact) mass is 256 g/mol. The van der Waals surface area contributed by atoms with E-state index in [9.17, 15) is 0 Å². The van der Waals surface area contributed by atoms with E-state index in [0.29, 0.717) is 10.7 Å². The second kappa shape index (κ2) is 6.12. The lowest BCUT2D eigenvalue weighted by molar-refractivity contribution is 0.248. The Morgan fingerprint density at radius 2 is 2.12 bits per heavy atom. The molecule has 0 fully saturated rings. The SMILES string of the molecule is CC(C)(CCCO)CNc1c(N)cccc1Cl. The van der Waals surface area contributed by atoms with Crippen molar-refractivity contribution < 1.29 is 5.11 Å². The first-order chi connectivity index (χ1) is 7.96. The second-order valence-corrected chi connectivity index (χ2v) is 5.46. The van der Waals surface area contributed by atoms with E-state index in [0.717, 1.165) is 25.1 Å². The molecule has 1 aromatic carbocycles. The van der Waals surface area contributed by atoms with E-state index in [2.05, 4.69) is 19.2 Å². The van der Waals surface area contributed by atoms with Crippen LogP contribution in [-0.2, 0) is 0 Å². The highest BCUT2D eigenvalue weighted by molar-refractivity contribution is 6.33. The first-order valence-corrected chi connectivity index (χ1v) is 6.23. The summed E-state index contributed by atoms with van der Waals surface area (Å²) in [5, 5.41) is 12.8. The molecule has 0 saturated carbocycles. The molecule has 0 aliphatic carbocycles. The fraction of sp³-hybridized carbons (Fsp3) is 0.538. The molecule has 0 spiro atoms. The maximum Gasteiger partial charge on any atom is 0.0763 e. The van der Waals surface area contributed by atoms with Crippen molar-refractivity contribution in [3.05, 3.63) is 23.2 Å². The molecule has 0 aromatic heterocycles. The average Bonchev–Trinajstić information content (AvgIpc) is 2.26. The predicted octanol–water partition coefficient (Wildman–Crippen LogP) is 3.13. The minimum absolute atomic E-state index is 0.105. The normalized spacial score (nSPS) is 11.5. The molecule has 0 atom stereocenters. The number of anilines is 2. The number of aliphatic hydroxyl groups excluding tert-OH is 1. The highest BCUT2D eigenvalue weighted by atomic mass is 35.5. The average molecular weight is 257 g/mol. The molecule has 96 valence electrons. The minimum atomic E-state index is 0.105. The number of hydrogen-bond acceptors (Lipinski definition) is 3. The smallest absolute Gasteiger partial charge is 0.0763 e. The molecule has 17 heavy (non-hydrogen) atoms. The van der Waals surface area contributed by atoms with Gasteiger partial charge in [0.2, 0.25) is 0 Å². The van der Waals surface area contributed by atoms with E-state index in [-0.39, 0.29) is 12.0 Å². The molecule has 0 aliphatic heterocycles. The molecule has 0 heterocycles. The number of nitrogens with one attached hydrogen (secondary N) is 1. The van der Waals surface area contributed by atoms with Crippen LogP contribution in [0.15, 0.2) is 18.2 Å². The Bertz CT molecular complexity index is 346. The van der Waals surface area contributed by atoms with Gasteiger partial charge >= 0.3 is 0 Å². The summed E-state index contributed by atoms with van der Waals surface area (Å²) < 4.78 is 0. The molecule has 0 aliphatic rings. The molecule has 0 saturated heterocycles. The van der Waals surface area contributed by atoms with Crippen LogP contribution in [-0.4, -0.2) is 18.3 Å². The topological polar surface area (TPSA) is 58.3 Å². The number of halogens is 1. The van der Waals surface area contributed by atoms with Crippen LogP contribution in [0.1, 0.15) is 26.7 Å². The van der Waals surface area contributed by atoms with Crippen molar-refractivity contribution in [2.24, 2.45) is 5.41 Å². The van der Waals surface area contributed by atoms with Crippen molar-refractivity contribution >= 4 is 23.0 Å². The Balaban J connectivity index is 2.60. The first kappa shape index (κ1) is 14.1. The molecule has 0 unspecified atom stereocenters. The van der Waals surface area contributed by atoms with Crippen LogP contribution >= 0.6 is 11.6 Å². The van der Waals surface area contributed by atoms with Crippen molar-refractivity contribution in [2.75, 3.05) is 24.2 Å². The number of benzene rings is 1. The number of nitrogen functional groups attached to an aromatic ring is 1. The third kappa shape index (κ3) is 4.44. The molecule has 4 heteroatoms. The van der Waals surface area contributed by atoms with Crippen LogP contribution in [0.2, 0.25) is 5.02 Å². The van der Waals surface area contributed by atoms with E-state index in [4.69, 9.17) is 22.4 Å². The quantitative estimate of drug-likeness (QED) is 0.686. The fourth-order valence-corrected chi connectivity index (χ4v) is 1.95. The van der Waals surface area contributed by atoms with Crippen molar-refractivity contribution in [1.82, 2.24) is 0 Å². The molecule has 4 N–H and O–H groups in total. The number of para-hydroxylation sites is 1. The summed E-state index contributed by atoms with van der Waals surface area (Å²) in [5.41, 5.74) is 7.43. The molecular formula is C13H21ClN2O. The zero-order valence-corrected chi connectivity index (χ0v) is 11.2. The van der Waals surface area contributed by atoms with E-state index in [1.54, 1.807) is 0 Å². The highest BCUT2D eigenvalue weighted by Crippen LogP contribution is 2.30. The Kier molecular flexibility index (Phi) is 5.09. The maximum atomic E-state index is 8.84. The van der Waals surface area contributed by atoms with Crippen LogP contribution < -0.4 is 11.1 Å². The molecule has 3 nitrogen and oxygen atoms in total. The van der Waals surface area contributed by atoms with E-state index in [1.807, 2.05) is 18.2 Å². The maximum absolute atomic E-state index is 8.84. The lowest BCUT2D eigenvalue weighted by Gasteiger charge is -2.26. The Morgan fingerprint density at radius 3 is 2.71 bits per heavy atom. The Morgan fingerprint density at radius 1 is 1.41 bits per heavy atom. The summed E-state index contributed by atoms with van der Waals surface area (Å²) in [6.45, 7) is 5.32. The van der Waals surface area contributed by atoms with Crippen molar-refractivity contribution in [1.29, 1.82) is 0 Å². The van der Waals surface area contributed by atoms with Gasteiger partial charge in [0.25, 0.3) is 0 Å². The summed E-state index contributed by atoms with van der Waals surface area (Å²) in [5.74, 6) is 0. The zero-order chi connectivity index (χ0) is 12.9. The van der Waals surface area contributed by atoms with Gasteiger partial charge in [-0.3, -0.25) is 0 Å². The summed E-state index contributed by atoms with van der Waals surface area (Å²) in [4.78, 5) is 0. The Labute approximate surface area is 108 Å². The van der Waals surface area contributed by atoms with Crippen LogP contribution in [0.5, 0.6) is 0 Å². The van der Waals surface area contributed by atoms with Crippen molar-refractivity contribution in [2.45, 2.75) is 26.7 Å². The summed E-state index contributed by atoms with van der Waals surface area (Å²) in [7, 11) is 0. The van der Waals surface area contributed by atoms with Gasteiger partial charge in [-0.1, -0.05) is 31.5 Å². The van der Waals surface area contributed by atoms with Crippen LogP contribution in [0.3, 0.4) is 0 Å². The zero-order valence-electron chi connectivity index (χ0n) is 10.5. The van der Waals surface area contributed by atoms with Crippen molar-refractivity contribution in [3.8, 4) is 0 Å². The number of hydrogen-bond donors (Lipinski definition) is 3. The van der Waals surface area contributed by atoms with Gasteiger partial charge in [0, 0.05) is 13.2 Å². The largest absolute Gasteiger partial charge is 0.397 e.